The zero-order valence-corrected chi connectivity index (χ0v) is 11.7. The first-order valence-electron chi connectivity index (χ1n) is 6.23. The molecular formula is C13H15ClN2O4. The average Bonchev–Trinajstić information content (AvgIpc) is 2.36. The summed E-state index contributed by atoms with van der Waals surface area (Å²) in [5.74, 6) is 0.807. The second kappa shape index (κ2) is 5.99. The third-order valence-corrected chi connectivity index (χ3v) is 3.29. The van der Waals surface area contributed by atoms with Gasteiger partial charge in [-0.05, 0) is 29.8 Å². The Kier molecular flexibility index (Phi) is 4.52. The Labute approximate surface area is 118 Å². The second-order valence-corrected chi connectivity index (χ2v) is 5.64. The van der Waals surface area contributed by atoms with Crippen molar-refractivity contribution in [1.82, 2.24) is 4.98 Å². The molecule has 2 aromatic rings. The van der Waals surface area contributed by atoms with Crippen molar-refractivity contribution < 1.29 is 33.3 Å². The quantitative estimate of drug-likeness (QED) is 0.488. The second-order valence-electron chi connectivity index (χ2n) is 4.88. The van der Waals surface area contributed by atoms with Gasteiger partial charge in [-0.1, -0.05) is 13.0 Å². The molecule has 2 aromatic heterocycles. The lowest BCUT2D eigenvalue weighted by Crippen LogP contribution is -2.68. The lowest BCUT2D eigenvalue weighted by Gasteiger charge is -2.18. The van der Waals surface area contributed by atoms with E-state index in [0.29, 0.717) is 0 Å². The predicted octanol–water partition coefficient (Wildman–Crippen LogP) is -2.81. The van der Waals surface area contributed by atoms with Crippen LogP contribution in [0.3, 0.4) is 0 Å². The molecule has 0 aliphatic heterocycles. The van der Waals surface area contributed by atoms with Crippen LogP contribution in [0.15, 0.2) is 30.6 Å². The molecule has 3 rings (SSSR count). The summed E-state index contributed by atoms with van der Waals surface area (Å²) in [7, 11) is -4.94. The fourth-order valence-electron chi connectivity index (χ4n) is 2.45. The van der Waals surface area contributed by atoms with Gasteiger partial charge in [-0.25, -0.2) is 23.0 Å². The zero-order chi connectivity index (χ0) is 14.8. The van der Waals surface area contributed by atoms with E-state index < -0.39 is 10.2 Å². The first kappa shape index (κ1) is 15.1. The van der Waals surface area contributed by atoms with Gasteiger partial charge >= 0.3 is 5.65 Å². The largest absolute Gasteiger partial charge is 0.327 e. The van der Waals surface area contributed by atoms with Crippen LogP contribution in [-0.2, 0) is 12.8 Å². The molecule has 7 heteroatoms. The normalized spacial score (nSPS) is 18.1. The van der Waals surface area contributed by atoms with Crippen molar-refractivity contribution in [2.75, 3.05) is 0 Å². The van der Waals surface area contributed by atoms with Gasteiger partial charge < -0.3 is 0 Å². The summed E-state index contributed by atoms with van der Waals surface area (Å²) in [4.78, 5) is 4.49. The molecule has 0 aromatic carbocycles. The van der Waals surface area contributed by atoms with Crippen LogP contribution in [0.25, 0.3) is 5.65 Å². The van der Waals surface area contributed by atoms with Gasteiger partial charge in [0.05, 0.1) is 6.20 Å². The summed E-state index contributed by atoms with van der Waals surface area (Å²) in [5.41, 5.74) is 3.95. The molecule has 20 heavy (non-hydrogen) atoms. The number of pyridine rings is 1. The molecule has 1 aliphatic rings. The highest BCUT2D eigenvalue weighted by Crippen LogP contribution is 2.22. The molecule has 0 amide bonds. The number of halogens is 1. The van der Waals surface area contributed by atoms with Crippen LogP contribution in [0, 0.1) is 16.2 Å². The van der Waals surface area contributed by atoms with Crippen LogP contribution >= 0.6 is 0 Å². The molecule has 0 bridgehead atoms. The Bertz CT molecular complexity index is 594. The highest BCUT2D eigenvalue weighted by Gasteiger charge is 2.22. The summed E-state index contributed by atoms with van der Waals surface area (Å²) >= 11 is 0. The van der Waals surface area contributed by atoms with E-state index in [2.05, 4.69) is 40.8 Å². The van der Waals surface area contributed by atoms with Crippen LogP contribution in [-0.4, -0.2) is 4.98 Å². The van der Waals surface area contributed by atoms with Gasteiger partial charge in [0.2, 0.25) is 0 Å². The summed E-state index contributed by atoms with van der Waals surface area (Å²) in [6.07, 6.45) is 7.84. The molecule has 0 fully saturated rings. The minimum absolute atomic E-state index is 0.807. The van der Waals surface area contributed by atoms with Gasteiger partial charge in [0.25, 0.3) is 0 Å². The SMILES string of the molecule is CC1CCc2c(cnc3cccc[n+]23)C1.[O-][Cl+3]([O-])([O-])[O-]. The molecular weight excluding hydrogens is 284 g/mol. The third-order valence-electron chi connectivity index (χ3n) is 3.29. The van der Waals surface area contributed by atoms with Gasteiger partial charge in [0, 0.05) is 18.1 Å². The Morgan fingerprint density at radius 3 is 2.65 bits per heavy atom. The van der Waals surface area contributed by atoms with Crippen molar-refractivity contribution in [2.45, 2.75) is 26.2 Å². The first-order valence-corrected chi connectivity index (χ1v) is 7.47. The lowest BCUT2D eigenvalue weighted by molar-refractivity contribution is -2.00. The van der Waals surface area contributed by atoms with Gasteiger partial charge in [-0.15, -0.1) is 10.2 Å². The molecule has 6 nitrogen and oxygen atoms in total. The lowest BCUT2D eigenvalue weighted by atomic mass is 9.88. The average molecular weight is 299 g/mol. The molecule has 0 saturated heterocycles. The summed E-state index contributed by atoms with van der Waals surface area (Å²) in [5, 5.41) is 0. The first-order chi connectivity index (χ1) is 9.34. The topological polar surface area (TPSA) is 109 Å². The van der Waals surface area contributed by atoms with Crippen LogP contribution < -0.4 is 23.0 Å². The smallest absolute Gasteiger partial charge is 0.222 e. The zero-order valence-electron chi connectivity index (χ0n) is 11.0. The minimum Gasteiger partial charge on any atom is -0.222 e. The number of nitrogens with zero attached hydrogens (tertiary/aromatic N) is 2. The van der Waals surface area contributed by atoms with Gasteiger partial charge in [-0.2, -0.15) is 0 Å². The molecule has 0 saturated carbocycles. The third kappa shape index (κ3) is 4.09. The number of aromatic nitrogens is 2. The monoisotopic (exact) mass is 298 g/mol. The van der Waals surface area contributed by atoms with E-state index in [4.69, 9.17) is 18.6 Å². The molecule has 1 aliphatic carbocycles. The Morgan fingerprint density at radius 1 is 1.25 bits per heavy atom. The van der Waals surface area contributed by atoms with Crippen molar-refractivity contribution >= 4 is 5.65 Å². The van der Waals surface area contributed by atoms with E-state index >= 15 is 0 Å². The van der Waals surface area contributed by atoms with Crippen LogP contribution in [0.4, 0.5) is 0 Å². The van der Waals surface area contributed by atoms with Crippen molar-refractivity contribution in [3.05, 3.63) is 41.9 Å². The van der Waals surface area contributed by atoms with Gasteiger partial charge in [-0.3, -0.25) is 0 Å². The van der Waals surface area contributed by atoms with Crippen LogP contribution in [0.2, 0.25) is 0 Å². The van der Waals surface area contributed by atoms with E-state index in [1.165, 1.54) is 30.5 Å². The fourth-order valence-corrected chi connectivity index (χ4v) is 2.45. The molecule has 108 valence electrons. The van der Waals surface area contributed by atoms with Gasteiger partial charge in [0.1, 0.15) is 11.9 Å². The molecule has 1 unspecified atom stereocenters. The van der Waals surface area contributed by atoms with E-state index in [9.17, 15) is 0 Å². The molecule has 0 spiro atoms. The van der Waals surface area contributed by atoms with E-state index in [-0.39, 0.29) is 0 Å². The Hall–Kier alpha value is -1.31. The predicted molar refractivity (Wildman–Crippen MR) is 58.6 cm³/mol. The number of aryl methyl sites for hydroxylation is 1. The maximum atomic E-state index is 8.49. The fraction of sp³-hybridized carbons (Fsp3) is 0.385. The molecule has 1 atom stereocenters. The van der Waals surface area contributed by atoms with Crippen molar-refractivity contribution in [1.29, 1.82) is 0 Å². The molecule has 0 radical (unpaired) electrons. The highest BCUT2D eigenvalue weighted by molar-refractivity contribution is 5.31. The summed E-state index contributed by atoms with van der Waals surface area (Å²) in [6, 6.07) is 6.19. The standard InChI is InChI=1S/C13H15N2.ClHO4/c1-10-5-6-12-11(8-10)9-14-13-4-2-3-7-15(12)13;2-1(3,4)5/h2-4,7,9-10H,5-6,8H2,1H3;(H,2,3,4,5)/q+1;/p-1. The van der Waals surface area contributed by atoms with Crippen LogP contribution in [0.5, 0.6) is 0 Å². The van der Waals surface area contributed by atoms with Crippen molar-refractivity contribution in [3.63, 3.8) is 0 Å². The van der Waals surface area contributed by atoms with Gasteiger partial charge in [0.15, 0.2) is 0 Å². The maximum absolute atomic E-state index is 8.49. The number of hydrogen-bond acceptors (Lipinski definition) is 5. The number of fused-ring (bicyclic) bond motifs is 3. The number of rotatable bonds is 0. The summed E-state index contributed by atoms with van der Waals surface area (Å²) in [6.45, 7) is 2.32. The van der Waals surface area contributed by atoms with E-state index in [0.717, 1.165) is 11.6 Å². The number of hydrogen-bond donors (Lipinski definition) is 0. The summed E-state index contributed by atoms with van der Waals surface area (Å²) < 4.78 is 36.2. The van der Waals surface area contributed by atoms with Crippen molar-refractivity contribution in [2.24, 2.45) is 5.92 Å². The Balaban J connectivity index is 0.000000257. The van der Waals surface area contributed by atoms with E-state index in [1.54, 1.807) is 0 Å². The van der Waals surface area contributed by atoms with Crippen molar-refractivity contribution in [3.8, 4) is 0 Å². The minimum atomic E-state index is -4.94. The molecule has 0 N–H and O–H groups in total. The maximum Gasteiger partial charge on any atom is 0.327 e. The van der Waals surface area contributed by atoms with E-state index in [1.807, 2.05) is 6.07 Å². The highest BCUT2D eigenvalue weighted by atomic mass is 35.7. The Morgan fingerprint density at radius 2 is 1.95 bits per heavy atom. The van der Waals surface area contributed by atoms with Crippen LogP contribution in [0.1, 0.15) is 24.6 Å². The molecule has 2 heterocycles.